The molecule has 0 aliphatic carbocycles. The van der Waals surface area contributed by atoms with Crippen LogP contribution >= 0.6 is 0 Å². The Morgan fingerprint density at radius 1 is 1.03 bits per heavy atom. The molecule has 1 aliphatic heterocycles. The predicted molar refractivity (Wildman–Crippen MR) is 132 cm³/mol. The Hall–Kier alpha value is -4.61. The van der Waals surface area contributed by atoms with Gasteiger partial charge in [0.15, 0.2) is 11.9 Å². The number of aromatic nitrogens is 1. The Kier molecular flexibility index (Phi) is 8.03. The van der Waals surface area contributed by atoms with Crippen molar-refractivity contribution in [2.45, 2.75) is 38.9 Å². The Labute approximate surface area is 222 Å². The van der Waals surface area contributed by atoms with Crippen LogP contribution in [-0.4, -0.2) is 63.0 Å². The fourth-order valence-corrected chi connectivity index (χ4v) is 4.55. The highest BCUT2D eigenvalue weighted by molar-refractivity contribution is 6.01. The fraction of sp³-hybridized carbons (Fsp3) is 0.296. The number of carboxylic acids is 1. The quantitative estimate of drug-likeness (QED) is 0.470. The van der Waals surface area contributed by atoms with E-state index in [1.807, 2.05) is 13.0 Å². The van der Waals surface area contributed by atoms with Crippen molar-refractivity contribution in [3.63, 3.8) is 0 Å². The van der Waals surface area contributed by atoms with E-state index >= 15 is 0 Å². The lowest BCUT2D eigenvalue weighted by molar-refractivity contribution is -0.138. The first-order chi connectivity index (χ1) is 18.5. The normalized spacial score (nSPS) is 16.1. The standard InChI is InChI=1S/C27H26F2N4O6/c1-15-5-3-6-17(9-15)21(14-23(34)35)30-24(36)25-32(26(37)18-11-19(28)13-20(29)12-18)7-4-8-33(25)27(38)22-10-16(2)39-31-22/h3,5-6,9-13,21,25H,4,7-8,14H2,1-2H3,(H,30,36)(H,34,35). The van der Waals surface area contributed by atoms with E-state index in [4.69, 9.17) is 4.52 Å². The second-order valence-corrected chi connectivity index (χ2v) is 9.28. The average Bonchev–Trinajstić information content (AvgIpc) is 3.32. The summed E-state index contributed by atoms with van der Waals surface area (Å²) >= 11 is 0. The van der Waals surface area contributed by atoms with E-state index in [0.717, 1.165) is 27.5 Å². The number of nitrogens with one attached hydrogen (secondary N) is 1. The lowest BCUT2D eigenvalue weighted by Crippen LogP contribution is -2.63. The van der Waals surface area contributed by atoms with E-state index in [0.29, 0.717) is 17.4 Å². The molecule has 39 heavy (non-hydrogen) atoms. The van der Waals surface area contributed by atoms with E-state index < -0.39 is 54.0 Å². The molecular weight excluding hydrogens is 514 g/mol. The molecule has 1 saturated heterocycles. The smallest absolute Gasteiger partial charge is 0.305 e. The van der Waals surface area contributed by atoms with Crippen LogP contribution in [0.15, 0.2) is 53.1 Å². The first-order valence-corrected chi connectivity index (χ1v) is 12.1. The molecule has 2 N–H and O–H groups in total. The summed E-state index contributed by atoms with van der Waals surface area (Å²) in [5, 5.41) is 15.9. The monoisotopic (exact) mass is 540 g/mol. The van der Waals surface area contributed by atoms with Crippen molar-refractivity contribution in [1.29, 1.82) is 0 Å². The summed E-state index contributed by atoms with van der Waals surface area (Å²) in [6.07, 6.45) is -1.78. The van der Waals surface area contributed by atoms with Gasteiger partial charge in [-0.1, -0.05) is 35.0 Å². The Bertz CT molecular complexity index is 1400. The molecule has 2 unspecified atom stereocenters. The Morgan fingerprint density at radius 2 is 1.69 bits per heavy atom. The third-order valence-corrected chi connectivity index (χ3v) is 6.24. The first-order valence-electron chi connectivity index (χ1n) is 12.1. The molecule has 0 bridgehead atoms. The average molecular weight is 541 g/mol. The van der Waals surface area contributed by atoms with E-state index in [1.165, 1.54) is 6.07 Å². The lowest BCUT2D eigenvalue weighted by atomic mass is 10.0. The first kappa shape index (κ1) is 27.4. The number of aliphatic carboxylic acids is 1. The molecule has 4 rings (SSSR count). The SMILES string of the molecule is Cc1cccc(C(CC(=O)O)NC(=O)C2N(C(=O)c3cc(F)cc(F)c3)CCCN2C(=O)c2cc(C)on2)c1. The molecule has 0 spiro atoms. The molecule has 1 fully saturated rings. The maximum absolute atomic E-state index is 13.9. The van der Waals surface area contributed by atoms with Gasteiger partial charge in [0, 0.05) is 30.8 Å². The van der Waals surface area contributed by atoms with Crippen molar-refractivity contribution in [1.82, 2.24) is 20.3 Å². The zero-order valence-electron chi connectivity index (χ0n) is 21.2. The minimum absolute atomic E-state index is 0.00921. The van der Waals surface area contributed by atoms with Crippen LogP contribution in [0, 0.1) is 25.5 Å². The van der Waals surface area contributed by atoms with Gasteiger partial charge in [-0.25, -0.2) is 8.78 Å². The van der Waals surface area contributed by atoms with Crippen LogP contribution in [0.5, 0.6) is 0 Å². The van der Waals surface area contributed by atoms with Gasteiger partial charge in [0.25, 0.3) is 17.7 Å². The van der Waals surface area contributed by atoms with Crippen LogP contribution < -0.4 is 5.32 Å². The van der Waals surface area contributed by atoms with Crippen LogP contribution in [0.25, 0.3) is 0 Å². The third-order valence-electron chi connectivity index (χ3n) is 6.24. The number of carboxylic acid groups (broad SMARTS) is 1. The summed E-state index contributed by atoms with van der Waals surface area (Å²) in [7, 11) is 0. The second kappa shape index (κ2) is 11.4. The van der Waals surface area contributed by atoms with Gasteiger partial charge in [-0.2, -0.15) is 0 Å². The molecule has 1 aliphatic rings. The number of hydrogen-bond donors (Lipinski definition) is 2. The number of halogens is 2. The number of carbonyl (C=O) groups excluding carboxylic acids is 3. The number of hydrogen-bond acceptors (Lipinski definition) is 6. The molecule has 3 amide bonds. The summed E-state index contributed by atoms with van der Waals surface area (Å²) in [5.74, 6) is -5.24. The highest BCUT2D eigenvalue weighted by Crippen LogP contribution is 2.24. The van der Waals surface area contributed by atoms with Gasteiger partial charge in [0.05, 0.1) is 12.5 Å². The van der Waals surface area contributed by atoms with Gasteiger partial charge in [-0.05, 0) is 38.0 Å². The van der Waals surface area contributed by atoms with Gasteiger partial charge in [-0.15, -0.1) is 0 Å². The van der Waals surface area contributed by atoms with Crippen molar-refractivity contribution < 1.29 is 37.6 Å². The van der Waals surface area contributed by atoms with Gasteiger partial charge in [-0.3, -0.25) is 19.2 Å². The summed E-state index contributed by atoms with van der Waals surface area (Å²) in [4.78, 5) is 54.4. The van der Waals surface area contributed by atoms with Gasteiger partial charge in [0.2, 0.25) is 0 Å². The molecular formula is C27H26F2N4O6. The molecule has 0 saturated carbocycles. The van der Waals surface area contributed by atoms with Crippen LogP contribution in [0.2, 0.25) is 0 Å². The van der Waals surface area contributed by atoms with Crippen LogP contribution in [0.1, 0.15) is 56.6 Å². The summed E-state index contributed by atoms with van der Waals surface area (Å²) in [6.45, 7) is 3.43. The number of rotatable bonds is 7. The molecule has 12 heteroatoms. The van der Waals surface area contributed by atoms with Crippen LogP contribution in [0.4, 0.5) is 8.78 Å². The number of aryl methyl sites for hydroxylation is 2. The summed E-state index contributed by atoms with van der Waals surface area (Å²) < 4.78 is 32.8. The van der Waals surface area contributed by atoms with Crippen molar-refractivity contribution in [2.24, 2.45) is 0 Å². The van der Waals surface area contributed by atoms with Gasteiger partial charge in [0.1, 0.15) is 17.4 Å². The van der Waals surface area contributed by atoms with E-state index in [1.54, 1.807) is 25.1 Å². The molecule has 2 heterocycles. The minimum atomic E-state index is -1.57. The van der Waals surface area contributed by atoms with Crippen molar-refractivity contribution >= 4 is 23.7 Å². The Morgan fingerprint density at radius 3 is 2.28 bits per heavy atom. The molecule has 204 valence electrons. The molecule has 1 aromatic heterocycles. The zero-order chi connectivity index (χ0) is 28.3. The highest BCUT2D eigenvalue weighted by Gasteiger charge is 2.42. The van der Waals surface area contributed by atoms with Crippen LogP contribution in [-0.2, 0) is 9.59 Å². The van der Waals surface area contributed by atoms with E-state index in [9.17, 15) is 33.1 Å². The van der Waals surface area contributed by atoms with Crippen molar-refractivity contribution in [3.05, 3.63) is 88.3 Å². The molecule has 2 atom stereocenters. The molecule has 2 aromatic carbocycles. The highest BCUT2D eigenvalue weighted by atomic mass is 19.1. The summed E-state index contributed by atoms with van der Waals surface area (Å²) in [5.41, 5.74) is 0.893. The van der Waals surface area contributed by atoms with Crippen molar-refractivity contribution in [3.8, 4) is 0 Å². The number of nitrogens with zero attached hydrogens (tertiary/aromatic N) is 3. The molecule has 10 nitrogen and oxygen atoms in total. The molecule has 3 aromatic rings. The second-order valence-electron chi connectivity index (χ2n) is 9.28. The largest absolute Gasteiger partial charge is 0.481 e. The maximum Gasteiger partial charge on any atom is 0.305 e. The number of benzene rings is 2. The number of carbonyl (C=O) groups is 4. The van der Waals surface area contributed by atoms with Crippen LogP contribution in [0.3, 0.4) is 0 Å². The zero-order valence-corrected chi connectivity index (χ0v) is 21.2. The van der Waals surface area contributed by atoms with Gasteiger partial charge >= 0.3 is 5.97 Å². The van der Waals surface area contributed by atoms with E-state index in [-0.39, 0.29) is 30.8 Å². The lowest BCUT2D eigenvalue weighted by Gasteiger charge is -2.42. The maximum atomic E-state index is 13.9. The predicted octanol–water partition coefficient (Wildman–Crippen LogP) is 3.22. The van der Waals surface area contributed by atoms with Crippen molar-refractivity contribution in [2.75, 3.05) is 13.1 Å². The van der Waals surface area contributed by atoms with E-state index in [2.05, 4.69) is 10.5 Å². The molecule has 0 radical (unpaired) electrons. The minimum Gasteiger partial charge on any atom is -0.481 e. The summed E-state index contributed by atoms with van der Waals surface area (Å²) in [6, 6.07) is 9.55. The number of amides is 3. The van der Waals surface area contributed by atoms with Gasteiger partial charge < -0.3 is 24.7 Å². The topological polar surface area (TPSA) is 133 Å². The third kappa shape index (κ3) is 6.28. The fourth-order valence-electron chi connectivity index (χ4n) is 4.55. The Balaban J connectivity index is 1.73.